The predicted octanol–water partition coefficient (Wildman–Crippen LogP) is 5.96. The summed E-state index contributed by atoms with van der Waals surface area (Å²) < 4.78 is 11.3. The first-order chi connectivity index (χ1) is 14.4. The van der Waals surface area contributed by atoms with Gasteiger partial charge in [-0.25, -0.2) is 4.79 Å². The van der Waals surface area contributed by atoms with Crippen molar-refractivity contribution in [2.75, 3.05) is 0 Å². The van der Waals surface area contributed by atoms with Crippen LogP contribution in [0.3, 0.4) is 0 Å². The molecule has 4 aliphatic carbocycles. The maximum absolute atomic E-state index is 12.5. The topological polar surface area (TPSA) is 52.6 Å². The summed E-state index contributed by atoms with van der Waals surface area (Å²) in [7, 11) is 0. The van der Waals surface area contributed by atoms with E-state index in [0.717, 1.165) is 38.5 Å². The lowest BCUT2D eigenvalue weighted by Gasteiger charge is -2.58. The Morgan fingerprint density at radius 2 is 1.80 bits per heavy atom. The lowest BCUT2D eigenvalue weighted by atomic mass is 9.46. The number of ether oxygens (including phenoxy) is 2. The predicted molar refractivity (Wildman–Crippen MR) is 114 cm³/mol. The third kappa shape index (κ3) is 3.11. The summed E-state index contributed by atoms with van der Waals surface area (Å²) in [5, 5.41) is 0. The summed E-state index contributed by atoms with van der Waals surface area (Å²) in [5.74, 6) is 3.18. The Kier molecular flexibility index (Phi) is 4.79. The summed E-state index contributed by atoms with van der Waals surface area (Å²) in [6, 6.07) is 9.13. The van der Waals surface area contributed by atoms with Crippen LogP contribution in [-0.2, 0) is 9.53 Å². The summed E-state index contributed by atoms with van der Waals surface area (Å²) in [5.41, 5.74) is 0.164. The molecule has 0 amide bonds. The molecule has 7 atom stereocenters. The van der Waals surface area contributed by atoms with E-state index in [1.165, 1.54) is 6.42 Å². The van der Waals surface area contributed by atoms with Gasteiger partial charge in [-0.1, -0.05) is 38.1 Å². The van der Waals surface area contributed by atoms with Gasteiger partial charge >= 0.3 is 6.16 Å². The number of carbonyl (C=O) groups excluding carboxylic acids is 2. The number of hydrogen-bond donors (Lipinski definition) is 0. The second-order valence-corrected chi connectivity index (χ2v) is 10.4. The van der Waals surface area contributed by atoms with Gasteiger partial charge in [-0.3, -0.25) is 4.79 Å². The number of hydrogen-bond acceptors (Lipinski definition) is 4. The van der Waals surface area contributed by atoms with Gasteiger partial charge in [0.15, 0.2) is 5.78 Å². The summed E-state index contributed by atoms with van der Waals surface area (Å²) >= 11 is 0. The third-order valence-corrected chi connectivity index (χ3v) is 9.14. The van der Waals surface area contributed by atoms with E-state index < -0.39 is 6.16 Å². The van der Waals surface area contributed by atoms with Crippen molar-refractivity contribution in [3.63, 3.8) is 0 Å². The molecule has 0 heterocycles. The lowest BCUT2D eigenvalue weighted by Crippen LogP contribution is -2.53. The van der Waals surface area contributed by atoms with Crippen LogP contribution in [0.1, 0.15) is 58.8 Å². The van der Waals surface area contributed by atoms with Gasteiger partial charge in [0, 0.05) is 11.8 Å². The molecule has 4 heteroatoms. The Labute approximate surface area is 179 Å². The monoisotopic (exact) mass is 408 g/mol. The average Bonchev–Trinajstić information content (AvgIpc) is 3.05. The van der Waals surface area contributed by atoms with E-state index in [1.54, 1.807) is 12.1 Å². The second kappa shape index (κ2) is 7.25. The zero-order chi connectivity index (χ0) is 20.9. The van der Waals surface area contributed by atoms with Gasteiger partial charge in [0.05, 0.1) is 0 Å². The molecule has 3 fully saturated rings. The minimum Gasteiger partial charge on any atom is -0.430 e. The molecule has 30 heavy (non-hydrogen) atoms. The fourth-order valence-corrected chi connectivity index (χ4v) is 7.51. The zero-order valence-electron chi connectivity index (χ0n) is 18.0. The average molecular weight is 409 g/mol. The highest BCUT2D eigenvalue weighted by Crippen LogP contribution is 2.65. The van der Waals surface area contributed by atoms with Crippen LogP contribution in [0.5, 0.6) is 5.75 Å². The van der Waals surface area contributed by atoms with E-state index in [9.17, 15) is 9.59 Å². The second-order valence-electron chi connectivity index (χ2n) is 10.4. The van der Waals surface area contributed by atoms with Crippen LogP contribution in [0.4, 0.5) is 4.79 Å². The Hall–Kier alpha value is -2.10. The lowest BCUT2D eigenvalue weighted by molar-refractivity contribution is -0.124. The first-order valence-electron chi connectivity index (χ1n) is 11.6. The van der Waals surface area contributed by atoms with Crippen LogP contribution in [0.15, 0.2) is 42.5 Å². The van der Waals surface area contributed by atoms with Crippen molar-refractivity contribution in [3.8, 4) is 5.75 Å². The SMILES string of the molecule is C[C@]12C=CC(=O)C[C@@H]1CC[C@@H]1[C@@H]2CC[C@]2(C)[C@@H](OC(=O)Oc3ccccc3)CC[C@@H]12. The highest BCUT2D eigenvalue weighted by Gasteiger charge is 2.60. The van der Waals surface area contributed by atoms with Crippen molar-refractivity contribution in [1.29, 1.82) is 0 Å². The van der Waals surface area contributed by atoms with Crippen LogP contribution in [-0.4, -0.2) is 18.0 Å². The third-order valence-electron chi connectivity index (χ3n) is 9.14. The van der Waals surface area contributed by atoms with Gasteiger partial charge < -0.3 is 9.47 Å². The molecule has 4 nitrogen and oxygen atoms in total. The number of para-hydroxylation sites is 1. The largest absolute Gasteiger partial charge is 0.514 e. The van der Waals surface area contributed by atoms with E-state index >= 15 is 0 Å². The first-order valence-corrected chi connectivity index (χ1v) is 11.6. The van der Waals surface area contributed by atoms with Crippen LogP contribution in [0.2, 0.25) is 0 Å². The molecule has 1 aromatic rings. The summed E-state index contributed by atoms with van der Waals surface area (Å²) in [6.07, 6.45) is 10.7. The minimum absolute atomic E-state index is 0.0221. The number of ketones is 1. The van der Waals surface area contributed by atoms with Crippen molar-refractivity contribution >= 4 is 11.9 Å². The van der Waals surface area contributed by atoms with Gasteiger partial charge in [0.2, 0.25) is 0 Å². The molecule has 0 saturated heterocycles. The molecule has 0 spiro atoms. The quantitative estimate of drug-likeness (QED) is 0.448. The molecule has 0 aromatic heterocycles. The molecule has 0 N–H and O–H groups in total. The van der Waals surface area contributed by atoms with E-state index in [0.29, 0.717) is 35.2 Å². The van der Waals surface area contributed by atoms with Crippen molar-refractivity contribution in [2.24, 2.45) is 34.5 Å². The Morgan fingerprint density at radius 3 is 2.60 bits per heavy atom. The van der Waals surface area contributed by atoms with E-state index in [2.05, 4.69) is 19.9 Å². The molecular weight excluding hydrogens is 376 g/mol. The molecule has 0 radical (unpaired) electrons. The minimum atomic E-state index is -0.584. The molecule has 0 aliphatic heterocycles. The summed E-state index contributed by atoms with van der Waals surface area (Å²) in [6.45, 7) is 4.72. The van der Waals surface area contributed by atoms with Crippen molar-refractivity contribution in [1.82, 2.24) is 0 Å². The maximum atomic E-state index is 12.5. The normalized spacial score (nSPS) is 42.1. The maximum Gasteiger partial charge on any atom is 0.514 e. The summed E-state index contributed by atoms with van der Waals surface area (Å²) in [4.78, 5) is 24.4. The Bertz CT molecular complexity index is 861. The number of carbonyl (C=O) groups is 2. The van der Waals surface area contributed by atoms with E-state index in [-0.39, 0.29) is 16.9 Å². The highest BCUT2D eigenvalue weighted by atomic mass is 16.7. The Balaban J connectivity index is 1.31. The van der Waals surface area contributed by atoms with Crippen molar-refractivity contribution < 1.29 is 19.1 Å². The molecule has 1 aromatic carbocycles. The zero-order valence-corrected chi connectivity index (χ0v) is 18.0. The van der Waals surface area contributed by atoms with Crippen LogP contribution >= 0.6 is 0 Å². The van der Waals surface area contributed by atoms with E-state index in [1.807, 2.05) is 24.3 Å². The molecule has 4 aliphatic rings. The van der Waals surface area contributed by atoms with Gasteiger partial charge in [-0.05, 0) is 85.8 Å². The van der Waals surface area contributed by atoms with Gasteiger partial charge in [0.25, 0.3) is 0 Å². The van der Waals surface area contributed by atoms with Crippen LogP contribution in [0.25, 0.3) is 0 Å². The van der Waals surface area contributed by atoms with Gasteiger partial charge in [0.1, 0.15) is 11.9 Å². The standard InChI is InChI=1S/C26H32O4/c1-25-14-12-18(27)16-17(25)8-9-20-21-10-11-23(26(21,2)15-13-22(20)25)30-24(28)29-19-6-4-3-5-7-19/h3-7,12,14,17,20-23H,8-11,13,15-16H2,1-2H3/t17-,20-,21-,22-,23-,25-,26-/m0/s1. The molecule has 3 saturated carbocycles. The highest BCUT2D eigenvalue weighted by molar-refractivity contribution is 5.91. The van der Waals surface area contributed by atoms with Gasteiger partial charge in [-0.2, -0.15) is 0 Å². The first kappa shape index (κ1) is 19.8. The molecule has 0 unspecified atom stereocenters. The fraction of sp³-hybridized carbons (Fsp3) is 0.615. The smallest absolute Gasteiger partial charge is 0.430 e. The Morgan fingerprint density at radius 1 is 1.00 bits per heavy atom. The van der Waals surface area contributed by atoms with Crippen molar-refractivity contribution in [2.45, 2.75) is 64.9 Å². The van der Waals surface area contributed by atoms with E-state index in [4.69, 9.17) is 9.47 Å². The molecule has 160 valence electrons. The molecule has 5 rings (SSSR count). The molecular formula is C26H32O4. The molecule has 0 bridgehead atoms. The number of fused-ring (bicyclic) bond motifs is 5. The van der Waals surface area contributed by atoms with Crippen molar-refractivity contribution in [3.05, 3.63) is 42.5 Å². The number of benzene rings is 1. The fourth-order valence-electron chi connectivity index (χ4n) is 7.51. The van der Waals surface area contributed by atoms with Crippen LogP contribution < -0.4 is 4.74 Å². The van der Waals surface area contributed by atoms with Gasteiger partial charge in [-0.15, -0.1) is 0 Å². The van der Waals surface area contributed by atoms with Crippen LogP contribution in [0, 0.1) is 34.5 Å². The number of allylic oxidation sites excluding steroid dienone is 2. The number of rotatable bonds is 2.